The molecule has 1 aromatic carbocycles. The zero-order valence-corrected chi connectivity index (χ0v) is 16.0. The minimum atomic E-state index is -0.168. The molecule has 2 heterocycles. The third-order valence-electron chi connectivity index (χ3n) is 3.94. The van der Waals surface area contributed by atoms with E-state index in [9.17, 15) is 4.79 Å². The summed E-state index contributed by atoms with van der Waals surface area (Å²) in [5.74, 6) is 1.11. The molecule has 3 rings (SSSR count). The summed E-state index contributed by atoms with van der Waals surface area (Å²) in [4.78, 5) is 16.5. The molecule has 0 fully saturated rings. The summed E-state index contributed by atoms with van der Waals surface area (Å²) in [6.07, 6.45) is 5.00. The van der Waals surface area contributed by atoms with Crippen LogP contribution >= 0.6 is 11.3 Å². The highest BCUT2D eigenvalue weighted by molar-refractivity contribution is 7.08. The van der Waals surface area contributed by atoms with Crippen molar-refractivity contribution in [3.05, 3.63) is 70.6 Å². The van der Waals surface area contributed by atoms with E-state index in [1.807, 2.05) is 35.7 Å². The molecule has 1 N–H and O–H groups in total. The number of thiophene rings is 1. The summed E-state index contributed by atoms with van der Waals surface area (Å²) in [7, 11) is 3.17. The van der Waals surface area contributed by atoms with Crippen molar-refractivity contribution < 1.29 is 14.3 Å². The van der Waals surface area contributed by atoms with Crippen molar-refractivity contribution in [1.82, 2.24) is 10.3 Å². The number of hydrogen-bond donors (Lipinski definition) is 1. The van der Waals surface area contributed by atoms with E-state index < -0.39 is 0 Å². The Morgan fingerprint density at radius 1 is 1.15 bits per heavy atom. The number of nitrogens with zero attached hydrogens (tertiary/aromatic N) is 1. The first kappa shape index (κ1) is 18.7. The van der Waals surface area contributed by atoms with Crippen LogP contribution in [0.25, 0.3) is 17.3 Å². The van der Waals surface area contributed by atoms with Crippen LogP contribution in [0.3, 0.4) is 0 Å². The summed E-state index contributed by atoms with van der Waals surface area (Å²) < 4.78 is 10.5. The number of aromatic nitrogens is 1. The average molecular weight is 380 g/mol. The lowest BCUT2D eigenvalue weighted by molar-refractivity contribution is -0.116. The number of amides is 1. The third kappa shape index (κ3) is 4.95. The van der Waals surface area contributed by atoms with Crippen LogP contribution in [0.1, 0.15) is 11.1 Å². The van der Waals surface area contributed by atoms with E-state index in [1.165, 1.54) is 6.08 Å². The molecule has 1 amide bonds. The Kier molecular flexibility index (Phi) is 6.22. The predicted octanol–water partition coefficient (Wildman–Crippen LogP) is 4.16. The smallest absolute Gasteiger partial charge is 0.244 e. The van der Waals surface area contributed by atoms with Gasteiger partial charge in [0.2, 0.25) is 5.91 Å². The van der Waals surface area contributed by atoms with Crippen LogP contribution in [0.2, 0.25) is 0 Å². The van der Waals surface area contributed by atoms with E-state index in [0.29, 0.717) is 18.0 Å². The maximum absolute atomic E-state index is 12.1. The number of carbonyl (C=O) groups is 1. The molecule has 6 heteroatoms. The fourth-order valence-corrected chi connectivity index (χ4v) is 3.18. The highest BCUT2D eigenvalue weighted by Crippen LogP contribution is 2.28. The molecule has 0 bridgehead atoms. The van der Waals surface area contributed by atoms with E-state index in [1.54, 1.807) is 43.9 Å². The minimum Gasteiger partial charge on any atom is -0.493 e. The molecule has 0 saturated heterocycles. The second-order valence-electron chi connectivity index (χ2n) is 5.73. The van der Waals surface area contributed by atoms with Gasteiger partial charge in [0.15, 0.2) is 11.5 Å². The molecule has 5 nitrogen and oxygen atoms in total. The van der Waals surface area contributed by atoms with E-state index in [-0.39, 0.29) is 5.91 Å². The Bertz CT molecular complexity index is 936. The zero-order chi connectivity index (χ0) is 19.1. The molecular weight excluding hydrogens is 360 g/mol. The number of benzene rings is 1. The minimum absolute atomic E-state index is 0.168. The SMILES string of the molecule is COc1ccc(/C=C/C(=O)NCc2ccnc(-c3ccsc3)c2)cc1OC. The second-order valence-corrected chi connectivity index (χ2v) is 6.51. The van der Waals surface area contributed by atoms with Crippen molar-refractivity contribution in [3.8, 4) is 22.8 Å². The number of carbonyl (C=O) groups excluding carboxylic acids is 1. The van der Waals surface area contributed by atoms with Gasteiger partial charge in [0.1, 0.15) is 0 Å². The second kappa shape index (κ2) is 9.00. The van der Waals surface area contributed by atoms with Gasteiger partial charge in [0.05, 0.1) is 19.9 Å². The lowest BCUT2D eigenvalue weighted by Crippen LogP contribution is -2.20. The van der Waals surface area contributed by atoms with Crippen LogP contribution in [-0.4, -0.2) is 25.1 Å². The first-order valence-electron chi connectivity index (χ1n) is 8.35. The van der Waals surface area contributed by atoms with Gasteiger partial charge < -0.3 is 14.8 Å². The molecule has 27 heavy (non-hydrogen) atoms. The quantitative estimate of drug-likeness (QED) is 0.626. The molecule has 0 unspecified atom stereocenters. The first-order valence-corrected chi connectivity index (χ1v) is 9.29. The van der Waals surface area contributed by atoms with E-state index >= 15 is 0 Å². The molecule has 0 aliphatic rings. The van der Waals surface area contributed by atoms with Gasteiger partial charge in [0.25, 0.3) is 0 Å². The maximum atomic E-state index is 12.1. The highest BCUT2D eigenvalue weighted by atomic mass is 32.1. The van der Waals surface area contributed by atoms with Gasteiger partial charge in [-0.2, -0.15) is 11.3 Å². The third-order valence-corrected chi connectivity index (χ3v) is 4.63. The Hall–Kier alpha value is -3.12. The van der Waals surface area contributed by atoms with Gasteiger partial charge in [-0.1, -0.05) is 6.07 Å². The standard InChI is InChI=1S/C21H20N2O3S/c1-25-19-5-3-15(12-20(19)26-2)4-6-21(24)23-13-16-7-9-22-18(11-16)17-8-10-27-14-17/h3-12,14H,13H2,1-2H3,(H,23,24)/b6-4+. The Morgan fingerprint density at radius 3 is 2.74 bits per heavy atom. The summed E-state index contributed by atoms with van der Waals surface area (Å²) >= 11 is 1.63. The van der Waals surface area contributed by atoms with Gasteiger partial charge >= 0.3 is 0 Å². The van der Waals surface area contributed by atoms with Gasteiger partial charge in [-0.15, -0.1) is 0 Å². The predicted molar refractivity (Wildman–Crippen MR) is 108 cm³/mol. The molecule has 138 valence electrons. The Labute approximate surface area is 162 Å². The van der Waals surface area contributed by atoms with E-state index in [4.69, 9.17) is 9.47 Å². The van der Waals surface area contributed by atoms with Crippen LogP contribution < -0.4 is 14.8 Å². The lowest BCUT2D eigenvalue weighted by atomic mass is 10.1. The van der Waals surface area contributed by atoms with Gasteiger partial charge in [-0.25, -0.2) is 0 Å². The number of nitrogens with one attached hydrogen (secondary N) is 1. The van der Waals surface area contributed by atoms with Gasteiger partial charge in [-0.05, 0) is 52.9 Å². The molecule has 0 spiro atoms. The number of pyridine rings is 1. The largest absolute Gasteiger partial charge is 0.493 e. The van der Waals surface area contributed by atoms with Crippen molar-refractivity contribution >= 4 is 23.3 Å². The monoisotopic (exact) mass is 380 g/mol. The summed E-state index contributed by atoms with van der Waals surface area (Å²) in [5, 5.41) is 6.96. The van der Waals surface area contributed by atoms with Crippen LogP contribution in [0.5, 0.6) is 11.5 Å². The number of methoxy groups -OCH3 is 2. The molecule has 0 aliphatic carbocycles. The van der Waals surface area contributed by atoms with Crippen molar-refractivity contribution in [2.24, 2.45) is 0 Å². The first-order chi connectivity index (χ1) is 13.2. The number of ether oxygens (including phenoxy) is 2. The van der Waals surface area contributed by atoms with Crippen molar-refractivity contribution in [2.45, 2.75) is 6.54 Å². The Balaban J connectivity index is 1.60. The zero-order valence-electron chi connectivity index (χ0n) is 15.1. The average Bonchev–Trinajstić information content (AvgIpc) is 3.25. The van der Waals surface area contributed by atoms with Crippen LogP contribution in [-0.2, 0) is 11.3 Å². The molecule has 0 saturated carbocycles. The van der Waals surface area contributed by atoms with Crippen molar-refractivity contribution in [1.29, 1.82) is 0 Å². The molecule has 3 aromatic rings. The van der Waals surface area contributed by atoms with Crippen molar-refractivity contribution in [2.75, 3.05) is 14.2 Å². The normalized spacial score (nSPS) is 10.7. The van der Waals surface area contributed by atoms with Crippen LogP contribution in [0.4, 0.5) is 0 Å². The van der Waals surface area contributed by atoms with Crippen LogP contribution in [0.15, 0.2) is 59.4 Å². The molecular formula is C21H20N2O3S. The number of rotatable bonds is 7. The van der Waals surface area contributed by atoms with Crippen molar-refractivity contribution in [3.63, 3.8) is 0 Å². The topological polar surface area (TPSA) is 60.5 Å². The van der Waals surface area contributed by atoms with Gasteiger partial charge in [-0.3, -0.25) is 9.78 Å². The maximum Gasteiger partial charge on any atom is 0.244 e. The summed E-state index contributed by atoms with van der Waals surface area (Å²) in [5.41, 5.74) is 3.84. The summed E-state index contributed by atoms with van der Waals surface area (Å²) in [6.45, 7) is 0.439. The molecule has 0 aliphatic heterocycles. The molecule has 0 radical (unpaired) electrons. The fraction of sp³-hybridized carbons (Fsp3) is 0.143. The number of hydrogen-bond acceptors (Lipinski definition) is 5. The van der Waals surface area contributed by atoms with E-state index in [0.717, 1.165) is 22.4 Å². The van der Waals surface area contributed by atoms with Crippen LogP contribution in [0, 0.1) is 0 Å². The summed E-state index contributed by atoms with van der Waals surface area (Å²) in [6, 6.07) is 11.4. The van der Waals surface area contributed by atoms with E-state index in [2.05, 4.69) is 15.7 Å². The fourth-order valence-electron chi connectivity index (χ4n) is 2.53. The lowest BCUT2D eigenvalue weighted by Gasteiger charge is -2.07. The van der Waals surface area contributed by atoms with Gasteiger partial charge in [0, 0.05) is 29.8 Å². The molecule has 2 aromatic heterocycles. The Morgan fingerprint density at radius 2 is 2.00 bits per heavy atom. The molecule has 0 atom stereocenters. The highest BCUT2D eigenvalue weighted by Gasteiger charge is 2.04.